The third-order valence-electron chi connectivity index (χ3n) is 1.66. The van der Waals surface area contributed by atoms with Crippen molar-refractivity contribution in [2.24, 2.45) is 0 Å². The summed E-state index contributed by atoms with van der Waals surface area (Å²) in [6.07, 6.45) is 1.83. The maximum Gasteiger partial charge on any atom is 0.333 e. The van der Waals surface area contributed by atoms with Crippen molar-refractivity contribution < 1.29 is 26.8 Å². The largest absolute Gasteiger partial charge is 1.00 e. The Morgan fingerprint density at radius 3 is 1.86 bits per heavy atom. The van der Waals surface area contributed by atoms with Crippen LogP contribution in [0.4, 0.5) is 0 Å². The summed E-state index contributed by atoms with van der Waals surface area (Å²) in [5.41, 5.74) is 1.62. The Labute approximate surface area is 135 Å². The van der Waals surface area contributed by atoms with E-state index < -0.39 is 0 Å². The van der Waals surface area contributed by atoms with Crippen LogP contribution in [0.1, 0.15) is 19.4 Å². The molecule has 0 saturated heterocycles. The van der Waals surface area contributed by atoms with Crippen LogP contribution in [0, 0.1) is 0 Å². The van der Waals surface area contributed by atoms with Crippen LogP contribution in [0.15, 0.2) is 49.1 Å². The van der Waals surface area contributed by atoms with Gasteiger partial charge in [-0.15, -0.1) is 0 Å². The minimum Gasteiger partial charge on any atom is -1.00 e. The van der Waals surface area contributed by atoms with Crippen molar-refractivity contribution in [2.75, 3.05) is 27.7 Å². The smallest absolute Gasteiger partial charge is 0.333 e. The molecule has 1 N–H and O–H groups in total. The quantitative estimate of drug-likeness (QED) is 0.586. The van der Waals surface area contributed by atoms with E-state index in [9.17, 15) is 4.79 Å². The number of hydrogen-bond donors (Lipinski definition) is 1. The number of esters is 1. The standard InChI is InChI=1S/C8H8.C6H10O2.C3H9N.ClH/c1-2-8-6-4-3-5-7-8;1-4-8-6(7)5(2)3;1-4(2)3;/h2-7H,1H2;2,4H2,1,3H3;1-3H3;1H. The maximum absolute atomic E-state index is 10.4. The molecule has 0 spiro atoms. The van der Waals surface area contributed by atoms with Crippen molar-refractivity contribution >= 4 is 12.0 Å². The van der Waals surface area contributed by atoms with Gasteiger partial charge in [-0.2, -0.15) is 0 Å². The summed E-state index contributed by atoms with van der Waals surface area (Å²) in [5.74, 6) is -0.312. The van der Waals surface area contributed by atoms with Gasteiger partial charge in [-0.1, -0.05) is 49.6 Å². The van der Waals surface area contributed by atoms with Crippen molar-refractivity contribution in [1.82, 2.24) is 0 Å². The summed E-state index contributed by atoms with van der Waals surface area (Å²) in [6, 6.07) is 10.0. The highest BCUT2D eigenvalue weighted by atomic mass is 35.5. The summed E-state index contributed by atoms with van der Waals surface area (Å²) in [4.78, 5) is 11.8. The zero-order valence-corrected chi connectivity index (χ0v) is 14.5. The molecule has 0 saturated carbocycles. The van der Waals surface area contributed by atoms with Crippen LogP contribution in [0.25, 0.3) is 6.08 Å². The molecule has 4 heteroatoms. The molecule has 0 bridgehead atoms. The molecule has 0 atom stereocenters. The normalized spacial score (nSPS) is 8.10. The Morgan fingerprint density at radius 1 is 1.24 bits per heavy atom. The molecule has 0 unspecified atom stereocenters. The monoisotopic (exact) mass is 313 g/mol. The first-order chi connectivity index (χ1) is 9.34. The Kier molecular flexibility index (Phi) is 19.2. The first-order valence-corrected chi connectivity index (χ1v) is 6.62. The fraction of sp³-hybridized carbons (Fsp3) is 0.353. The van der Waals surface area contributed by atoms with Crippen LogP contribution in [0.2, 0.25) is 0 Å². The van der Waals surface area contributed by atoms with Crippen LogP contribution < -0.4 is 17.3 Å². The molecule has 120 valence electrons. The molecule has 3 nitrogen and oxygen atoms in total. The number of benzene rings is 1. The molecule has 0 fully saturated rings. The van der Waals surface area contributed by atoms with Crippen LogP contribution >= 0.6 is 0 Å². The molecule has 21 heavy (non-hydrogen) atoms. The average Bonchev–Trinajstić information content (AvgIpc) is 2.40. The van der Waals surface area contributed by atoms with E-state index in [0.29, 0.717) is 12.2 Å². The van der Waals surface area contributed by atoms with Gasteiger partial charge in [0.05, 0.1) is 27.7 Å². The van der Waals surface area contributed by atoms with Gasteiger partial charge >= 0.3 is 5.97 Å². The van der Waals surface area contributed by atoms with Crippen LogP contribution in [0.5, 0.6) is 0 Å². The highest BCUT2D eigenvalue weighted by molar-refractivity contribution is 5.86. The van der Waals surface area contributed by atoms with E-state index in [1.54, 1.807) is 13.8 Å². The summed E-state index contributed by atoms with van der Waals surface area (Å²) in [5, 5.41) is 0. The number of rotatable bonds is 3. The first kappa shape index (κ1) is 24.4. The predicted octanol–water partition coefficient (Wildman–Crippen LogP) is -0.780. The second-order valence-electron chi connectivity index (χ2n) is 4.62. The number of halogens is 1. The highest BCUT2D eigenvalue weighted by Crippen LogP contribution is 1.97. The second-order valence-corrected chi connectivity index (χ2v) is 4.62. The fourth-order valence-corrected chi connectivity index (χ4v) is 0.843. The molecule has 0 aliphatic rings. The second kappa shape index (κ2) is 16.5. The number of nitrogens with one attached hydrogen (secondary N) is 1. The molecule has 0 aliphatic carbocycles. The number of carbonyl (C=O) groups is 1. The fourth-order valence-electron chi connectivity index (χ4n) is 0.843. The molecule has 0 amide bonds. The number of ether oxygens (including phenoxy) is 1. The minimum atomic E-state index is -0.312. The van der Waals surface area contributed by atoms with Gasteiger partial charge in [0.15, 0.2) is 0 Å². The molecule has 1 aromatic rings. The van der Waals surface area contributed by atoms with E-state index in [1.165, 1.54) is 10.5 Å². The van der Waals surface area contributed by atoms with Crippen LogP contribution in [0.3, 0.4) is 0 Å². The van der Waals surface area contributed by atoms with Crippen molar-refractivity contribution in [3.63, 3.8) is 0 Å². The average molecular weight is 314 g/mol. The summed E-state index contributed by atoms with van der Waals surface area (Å²) < 4.78 is 4.56. The van der Waals surface area contributed by atoms with Gasteiger partial charge in [0.25, 0.3) is 0 Å². The van der Waals surface area contributed by atoms with Crippen LogP contribution in [-0.4, -0.2) is 33.7 Å². The molecule has 0 aliphatic heterocycles. The van der Waals surface area contributed by atoms with E-state index in [-0.39, 0.29) is 18.4 Å². The van der Waals surface area contributed by atoms with E-state index in [0.717, 1.165) is 0 Å². The minimum absolute atomic E-state index is 0. The third kappa shape index (κ3) is 20.9. The van der Waals surface area contributed by atoms with E-state index >= 15 is 0 Å². The topological polar surface area (TPSA) is 30.7 Å². The SMILES string of the molecule is C=C(C)C(=O)OCC.C=Cc1ccccc1.C[NH+](C)C.[Cl-]. The van der Waals surface area contributed by atoms with Crippen molar-refractivity contribution in [2.45, 2.75) is 13.8 Å². The molecular weight excluding hydrogens is 286 g/mol. The van der Waals surface area contributed by atoms with Crippen molar-refractivity contribution in [3.05, 3.63) is 54.6 Å². The van der Waals surface area contributed by atoms with Gasteiger partial charge in [-0.05, 0) is 19.4 Å². The number of carbonyl (C=O) groups excluding carboxylic acids is 1. The Morgan fingerprint density at radius 2 is 1.67 bits per heavy atom. The molecule has 0 radical (unpaired) electrons. The van der Waals surface area contributed by atoms with Gasteiger partial charge in [0.2, 0.25) is 0 Å². The van der Waals surface area contributed by atoms with Crippen molar-refractivity contribution in [3.8, 4) is 0 Å². The zero-order chi connectivity index (χ0) is 16.0. The van der Waals surface area contributed by atoms with Gasteiger partial charge in [0.1, 0.15) is 0 Å². The molecule has 0 aromatic heterocycles. The lowest BCUT2D eigenvalue weighted by Gasteiger charge is -1.96. The lowest BCUT2D eigenvalue weighted by molar-refractivity contribution is -0.836. The molecule has 0 heterocycles. The Balaban J connectivity index is -0.000000239. The maximum atomic E-state index is 10.4. The summed E-state index contributed by atoms with van der Waals surface area (Å²) in [7, 11) is 6.25. The number of quaternary nitrogens is 1. The lowest BCUT2D eigenvalue weighted by Crippen LogP contribution is -3.02. The number of hydrogen-bond acceptors (Lipinski definition) is 2. The van der Waals surface area contributed by atoms with Crippen molar-refractivity contribution in [1.29, 1.82) is 0 Å². The lowest BCUT2D eigenvalue weighted by atomic mass is 10.2. The van der Waals surface area contributed by atoms with E-state index in [4.69, 9.17) is 0 Å². The Bertz CT molecular complexity index is 386. The third-order valence-corrected chi connectivity index (χ3v) is 1.66. The van der Waals surface area contributed by atoms with Gasteiger partial charge in [-0.3, -0.25) is 0 Å². The molecular formula is C17H28ClNO2. The summed E-state index contributed by atoms with van der Waals surface area (Å²) in [6.45, 7) is 10.8. The first-order valence-electron chi connectivity index (χ1n) is 6.62. The van der Waals surface area contributed by atoms with Gasteiger partial charge < -0.3 is 22.0 Å². The Hall–Kier alpha value is -1.58. The van der Waals surface area contributed by atoms with E-state index in [2.05, 4.69) is 39.0 Å². The van der Waals surface area contributed by atoms with Gasteiger partial charge in [-0.25, -0.2) is 4.79 Å². The molecule has 1 aromatic carbocycles. The van der Waals surface area contributed by atoms with Gasteiger partial charge in [0, 0.05) is 5.57 Å². The van der Waals surface area contributed by atoms with Crippen LogP contribution in [-0.2, 0) is 9.53 Å². The zero-order valence-electron chi connectivity index (χ0n) is 13.8. The predicted molar refractivity (Wildman–Crippen MR) is 86.7 cm³/mol. The van der Waals surface area contributed by atoms with E-state index in [1.807, 2.05) is 36.4 Å². The highest BCUT2D eigenvalue weighted by Gasteiger charge is 1.98. The molecule has 1 rings (SSSR count). The summed E-state index contributed by atoms with van der Waals surface area (Å²) >= 11 is 0.